The Hall–Kier alpha value is -1.71. The van der Waals surface area contributed by atoms with Crippen LogP contribution in [0.4, 0.5) is 0 Å². The highest BCUT2D eigenvalue weighted by molar-refractivity contribution is 5.81. The van der Waals surface area contributed by atoms with Gasteiger partial charge in [0, 0.05) is 12.1 Å². The first-order valence-corrected chi connectivity index (χ1v) is 7.80. The van der Waals surface area contributed by atoms with Crippen molar-refractivity contribution in [2.45, 2.75) is 57.6 Å². The van der Waals surface area contributed by atoms with E-state index in [9.17, 15) is 4.79 Å². The summed E-state index contributed by atoms with van der Waals surface area (Å²) in [4.78, 5) is 12.2. The van der Waals surface area contributed by atoms with E-state index in [0.717, 1.165) is 18.6 Å². The Labute approximate surface area is 126 Å². The van der Waals surface area contributed by atoms with Crippen LogP contribution in [0.2, 0.25) is 0 Å². The standard InChI is InChI=1S/C17H25NO3/c1-13(21-16-11-7-10-15(12-16)20-2)17(19)18-14-8-5-3-4-6-9-14/h7,10-14H,3-6,8-9H2,1-2H3,(H,18,19)/t13-/m1/s1. The van der Waals surface area contributed by atoms with Gasteiger partial charge in [-0.05, 0) is 31.9 Å². The number of hydrogen-bond donors (Lipinski definition) is 1. The van der Waals surface area contributed by atoms with E-state index >= 15 is 0 Å². The van der Waals surface area contributed by atoms with Crippen molar-refractivity contribution in [3.05, 3.63) is 24.3 Å². The van der Waals surface area contributed by atoms with Crippen molar-refractivity contribution in [1.82, 2.24) is 5.32 Å². The number of nitrogens with one attached hydrogen (secondary N) is 1. The molecule has 0 heterocycles. The van der Waals surface area contributed by atoms with Crippen LogP contribution in [-0.4, -0.2) is 25.2 Å². The molecule has 0 saturated heterocycles. The summed E-state index contributed by atoms with van der Waals surface area (Å²) in [5, 5.41) is 3.11. The molecule has 4 nitrogen and oxygen atoms in total. The first kappa shape index (κ1) is 15.7. The monoisotopic (exact) mass is 291 g/mol. The van der Waals surface area contributed by atoms with E-state index in [1.807, 2.05) is 18.2 Å². The first-order valence-electron chi connectivity index (χ1n) is 7.80. The molecule has 1 atom stereocenters. The van der Waals surface area contributed by atoms with E-state index < -0.39 is 6.10 Å². The molecule has 1 aliphatic carbocycles. The number of rotatable bonds is 5. The minimum atomic E-state index is -0.500. The molecule has 0 spiro atoms. The van der Waals surface area contributed by atoms with Gasteiger partial charge in [-0.1, -0.05) is 31.7 Å². The van der Waals surface area contributed by atoms with Crippen LogP contribution >= 0.6 is 0 Å². The number of amides is 1. The summed E-state index contributed by atoms with van der Waals surface area (Å²) < 4.78 is 10.9. The third-order valence-electron chi connectivity index (χ3n) is 3.92. The van der Waals surface area contributed by atoms with Gasteiger partial charge < -0.3 is 14.8 Å². The van der Waals surface area contributed by atoms with Crippen LogP contribution in [0.15, 0.2) is 24.3 Å². The van der Waals surface area contributed by atoms with Gasteiger partial charge in [-0.3, -0.25) is 4.79 Å². The van der Waals surface area contributed by atoms with Crippen LogP contribution in [-0.2, 0) is 4.79 Å². The third-order valence-corrected chi connectivity index (χ3v) is 3.92. The van der Waals surface area contributed by atoms with Crippen LogP contribution < -0.4 is 14.8 Å². The molecule has 0 unspecified atom stereocenters. The highest BCUT2D eigenvalue weighted by Crippen LogP contribution is 2.21. The average molecular weight is 291 g/mol. The zero-order valence-corrected chi connectivity index (χ0v) is 12.9. The molecule has 0 radical (unpaired) electrons. The minimum Gasteiger partial charge on any atom is -0.497 e. The van der Waals surface area contributed by atoms with Gasteiger partial charge in [0.15, 0.2) is 6.10 Å². The van der Waals surface area contributed by atoms with Gasteiger partial charge in [0.2, 0.25) is 0 Å². The van der Waals surface area contributed by atoms with Crippen LogP contribution in [0.5, 0.6) is 11.5 Å². The Morgan fingerprint density at radius 1 is 1.19 bits per heavy atom. The van der Waals surface area contributed by atoms with Crippen molar-refractivity contribution >= 4 is 5.91 Å². The average Bonchev–Trinajstić information content (AvgIpc) is 2.76. The van der Waals surface area contributed by atoms with Crippen LogP contribution in [0.25, 0.3) is 0 Å². The summed E-state index contributed by atoms with van der Waals surface area (Å²) in [6.07, 6.45) is 6.63. The molecule has 21 heavy (non-hydrogen) atoms. The molecule has 1 aromatic carbocycles. The lowest BCUT2D eigenvalue weighted by Crippen LogP contribution is -2.42. The van der Waals surface area contributed by atoms with Gasteiger partial charge in [-0.2, -0.15) is 0 Å². The van der Waals surface area contributed by atoms with Crippen molar-refractivity contribution in [3.8, 4) is 11.5 Å². The van der Waals surface area contributed by atoms with Gasteiger partial charge in [0.05, 0.1) is 7.11 Å². The molecule has 0 bridgehead atoms. The second-order valence-electron chi connectivity index (χ2n) is 5.64. The van der Waals surface area contributed by atoms with E-state index in [1.54, 1.807) is 20.1 Å². The molecular weight excluding hydrogens is 266 g/mol. The second kappa shape index (κ2) is 7.91. The Balaban J connectivity index is 1.86. The minimum absolute atomic E-state index is 0.0373. The Morgan fingerprint density at radius 2 is 1.86 bits per heavy atom. The van der Waals surface area contributed by atoms with E-state index in [-0.39, 0.29) is 5.91 Å². The highest BCUT2D eigenvalue weighted by Gasteiger charge is 2.20. The maximum Gasteiger partial charge on any atom is 0.260 e. The fourth-order valence-corrected chi connectivity index (χ4v) is 2.67. The van der Waals surface area contributed by atoms with E-state index in [4.69, 9.17) is 9.47 Å². The summed E-state index contributed by atoms with van der Waals surface area (Å²) >= 11 is 0. The normalized spacial score (nSPS) is 17.6. The summed E-state index contributed by atoms with van der Waals surface area (Å²) in [5.41, 5.74) is 0. The molecule has 1 aliphatic rings. The van der Waals surface area contributed by atoms with Crippen LogP contribution in [0, 0.1) is 0 Å². The third kappa shape index (κ3) is 4.96. The molecule has 116 valence electrons. The number of hydrogen-bond acceptors (Lipinski definition) is 3. The quantitative estimate of drug-likeness (QED) is 0.847. The fourth-order valence-electron chi connectivity index (χ4n) is 2.67. The molecule has 0 aliphatic heterocycles. The summed E-state index contributed by atoms with van der Waals surface area (Å²) in [7, 11) is 1.61. The zero-order chi connectivity index (χ0) is 15.1. The topological polar surface area (TPSA) is 47.6 Å². The van der Waals surface area contributed by atoms with Crippen LogP contribution in [0.1, 0.15) is 45.4 Å². The van der Waals surface area contributed by atoms with E-state index in [0.29, 0.717) is 11.8 Å². The molecule has 0 aromatic heterocycles. The van der Waals surface area contributed by atoms with Crippen molar-refractivity contribution in [2.75, 3.05) is 7.11 Å². The number of carbonyl (C=O) groups is 1. The van der Waals surface area contributed by atoms with Crippen molar-refractivity contribution in [3.63, 3.8) is 0 Å². The molecular formula is C17H25NO3. The fraction of sp³-hybridized carbons (Fsp3) is 0.588. The lowest BCUT2D eigenvalue weighted by molar-refractivity contribution is -0.128. The maximum atomic E-state index is 12.2. The van der Waals surface area contributed by atoms with Crippen molar-refractivity contribution in [1.29, 1.82) is 0 Å². The second-order valence-corrected chi connectivity index (χ2v) is 5.64. The lowest BCUT2D eigenvalue weighted by atomic mass is 10.1. The van der Waals surface area contributed by atoms with Gasteiger partial charge >= 0.3 is 0 Å². The molecule has 1 fully saturated rings. The number of benzene rings is 1. The van der Waals surface area contributed by atoms with E-state index in [1.165, 1.54) is 25.7 Å². The molecule has 1 saturated carbocycles. The smallest absolute Gasteiger partial charge is 0.260 e. The Kier molecular flexibility index (Phi) is 5.90. The number of ether oxygens (including phenoxy) is 2. The molecule has 4 heteroatoms. The SMILES string of the molecule is COc1cccc(O[C@H](C)C(=O)NC2CCCCCC2)c1. The zero-order valence-electron chi connectivity index (χ0n) is 12.9. The highest BCUT2D eigenvalue weighted by atomic mass is 16.5. The van der Waals surface area contributed by atoms with Gasteiger partial charge in [-0.15, -0.1) is 0 Å². The molecule has 1 aromatic rings. The first-order chi connectivity index (χ1) is 10.2. The van der Waals surface area contributed by atoms with E-state index in [2.05, 4.69) is 5.32 Å². The van der Waals surface area contributed by atoms with Gasteiger partial charge in [0.1, 0.15) is 11.5 Å². The Morgan fingerprint density at radius 3 is 2.52 bits per heavy atom. The van der Waals surface area contributed by atoms with Crippen molar-refractivity contribution < 1.29 is 14.3 Å². The van der Waals surface area contributed by atoms with Gasteiger partial charge in [0.25, 0.3) is 5.91 Å². The summed E-state index contributed by atoms with van der Waals surface area (Å²) in [6, 6.07) is 7.62. The number of methoxy groups -OCH3 is 1. The predicted octanol–water partition coefficient (Wildman–Crippen LogP) is 3.30. The summed E-state index contributed by atoms with van der Waals surface area (Å²) in [6.45, 7) is 1.78. The summed E-state index contributed by atoms with van der Waals surface area (Å²) in [5.74, 6) is 1.34. The molecule has 2 rings (SSSR count). The molecule has 1 N–H and O–H groups in total. The van der Waals surface area contributed by atoms with Crippen LogP contribution in [0.3, 0.4) is 0 Å². The maximum absolute atomic E-state index is 12.2. The lowest BCUT2D eigenvalue weighted by Gasteiger charge is -2.20. The number of carbonyl (C=O) groups excluding carboxylic acids is 1. The predicted molar refractivity (Wildman–Crippen MR) is 82.7 cm³/mol. The van der Waals surface area contributed by atoms with Gasteiger partial charge in [-0.25, -0.2) is 0 Å². The van der Waals surface area contributed by atoms with Crippen molar-refractivity contribution in [2.24, 2.45) is 0 Å². The Bertz CT molecular complexity index is 453. The largest absolute Gasteiger partial charge is 0.497 e. The molecule has 1 amide bonds.